The smallest absolute Gasteiger partial charge is 0.243 e. The van der Waals surface area contributed by atoms with Crippen LogP contribution >= 0.6 is 0 Å². The predicted molar refractivity (Wildman–Crippen MR) is 113 cm³/mol. The quantitative estimate of drug-likeness (QED) is 0.598. The number of hydrogen-bond donors (Lipinski definition) is 1. The van der Waals surface area contributed by atoms with Crippen molar-refractivity contribution in [2.75, 3.05) is 6.54 Å². The molecule has 7 heteroatoms. The molecule has 3 aromatic carbocycles. The van der Waals surface area contributed by atoms with E-state index in [1.54, 1.807) is 18.2 Å². The van der Waals surface area contributed by atoms with Crippen molar-refractivity contribution in [3.8, 4) is 0 Å². The van der Waals surface area contributed by atoms with E-state index in [0.29, 0.717) is 0 Å². The fraction of sp³-hybridized carbons (Fsp3) is 0.174. The van der Waals surface area contributed by atoms with Gasteiger partial charge in [-0.1, -0.05) is 66.2 Å². The van der Waals surface area contributed by atoms with Crippen LogP contribution in [0.1, 0.15) is 16.7 Å². The minimum absolute atomic E-state index is 0.0558. The summed E-state index contributed by atoms with van der Waals surface area (Å²) in [5.74, 6) is -0.989. The third-order valence-electron chi connectivity index (χ3n) is 4.62. The molecule has 0 saturated carbocycles. The Morgan fingerprint density at radius 3 is 2.23 bits per heavy atom. The number of halogens is 1. The summed E-state index contributed by atoms with van der Waals surface area (Å²) in [6.07, 6.45) is 0. The van der Waals surface area contributed by atoms with Crippen LogP contribution in [0.3, 0.4) is 0 Å². The summed E-state index contributed by atoms with van der Waals surface area (Å²) >= 11 is 0. The van der Waals surface area contributed by atoms with Crippen molar-refractivity contribution in [2.45, 2.75) is 24.9 Å². The molecule has 0 atom stereocenters. The van der Waals surface area contributed by atoms with Gasteiger partial charge in [0.15, 0.2) is 0 Å². The van der Waals surface area contributed by atoms with E-state index in [1.165, 1.54) is 30.3 Å². The second-order valence-electron chi connectivity index (χ2n) is 6.94. The molecular formula is C23H23FN2O3S. The highest BCUT2D eigenvalue weighted by atomic mass is 32.2. The number of carbonyl (C=O) groups excluding carboxylic acids is 1. The van der Waals surface area contributed by atoms with Crippen LogP contribution in [0.5, 0.6) is 0 Å². The number of carbonyl (C=O) groups is 1. The maximum atomic E-state index is 14.2. The molecule has 3 aromatic rings. The predicted octanol–water partition coefficient (Wildman–Crippen LogP) is 3.64. The van der Waals surface area contributed by atoms with E-state index in [2.05, 4.69) is 5.32 Å². The Balaban J connectivity index is 1.82. The van der Waals surface area contributed by atoms with E-state index in [1.807, 2.05) is 37.3 Å². The van der Waals surface area contributed by atoms with Gasteiger partial charge >= 0.3 is 0 Å². The third kappa shape index (κ3) is 5.52. The summed E-state index contributed by atoms with van der Waals surface area (Å²) < 4.78 is 41.6. The summed E-state index contributed by atoms with van der Waals surface area (Å²) in [6.45, 7) is 1.46. The molecule has 0 saturated heterocycles. The van der Waals surface area contributed by atoms with E-state index < -0.39 is 28.3 Å². The van der Waals surface area contributed by atoms with Crippen LogP contribution in [-0.4, -0.2) is 25.2 Å². The number of benzene rings is 3. The summed E-state index contributed by atoms with van der Waals surface area (Å²) in [4.78, 5) is 12.6. The number of sulfonamides is 1. The van der Waals surface area contributed by atoms with Gasteiger partial charge in [-0.2, -0.15) is 4.31 Å². The van der Waals surface area contributed by atoms with E-state index in [-0.39, 0.29) is 23.5 Å². The van der Waals surface area contributed by atoms with Gasteiger partial charge in [0.2, 0.25) is 15.9 Å². The topological polar surface area (TPSA) is 66.5 Å². The standard InChI is InChI=1S/C23H23FN2O3S/c1-18-11-13-21(14-12-18)30(28,29)26(16-20-9-5-6-10-22(20)24)17-23(27)25-15-19-7-3-2-4-8-19/h2-14H,15-17H2,1H3,(H,25,27). The van der Waals surface area contributed by atoms with Crippen LogP contribution in [0.4, 0.5) is 4.39 Å². The van der Waals surface area contributed by atoms with Crippen molar-refractivity contribution in [1.29, 1.82) is 0 Å². The Morgan fingerprint density at radius 1 is 0.933 bits per heavy atom. The maximum Gasteiger partial charge on any atom is 0.243 e. The van der Waals surface area contributed by atoms with Gasteiger partial charge in [-0.25, -0.2) is 12.8 Å². The highest BCUT2D eigenvalue weighted by molar-refractivity contribution is 7.89. The molecule has 0 aromatic heterocycles. The van der Waals surface area contributed by atoms with Crippen molar-refractivity contribution in [3.05, 3.63) is 101 Å². The number of nitrogens with one attached hydrogen (secondary N) is 1. The lowest BCUT2D eigenvalue weighted by atomic mass is 10.2. The zero-order valence-corrected chi connectivity index (χ0v) is 17.4. The van der Waals surface area contributed by atoms with Crippen LogP contribution in [0, 0.1) is 12.7 Å². The van der Waals surface area contributed by atoms with Crippen LogP contribution in [0.2, 0.25) is 0 Å². The number of hydrogen-bond acceptors (Lipinski definition) is 3. The molecule has 1 N–H and O–H groups in total. The molecule has 0 aliphatic heterocycles. The molecule has 0 bridgehead atoms. The molecule has 0 aliphatic rings. The lowest BCUT2D eigenvalue weighted by molar-refractivity contribution is -0.121. The van der Waals surface area contributed by atoms with E-state index in [0.717, 1.165) is 15.4 Å². The zero-order chi connectivity index (χ0) is 21.6. The van der Waals surface area contributed by atoms with Crippen molar-refractivity contribution in [3.63, 3.8) is 0 Å². The maximum absolute atomic E-state index is 14.2. The van der Waals surface area contributed by atoms with E-state index in [4.69, 9.17) is 0 Å². The second kappa shape index (κ2) is 9.65. The van der Waals surface area contributed by atoms with E-state index in [9.17, 15) is 17.6 Å². The molecule has 0 radical (unpaired) electrons. The van der Waals surface area contributed by atoms with Gasteiger partial charge in [0.25, 0.3) is 0 Å². The number of rotatable bonds is 8. The highest BCUT2D eigenvalue weighted by Crippen LogP contribution is 2.20. The average molecular weight is 427 g/mol. The Hall–Kier alpha value is -3.03. The first-order chi connectivity index (χ1) is 14.4. The van der Waals surface area contributed by atoms with Crippen molar-refractivity contribution < 1.29 is 17.6 Å². The number of nitrogens with zero attached hydrogens (tertiary/aromatic N) is 1. The fourth-order valence-corrected chi connectivity index (χ4v) is 4.29. The molecule has 0 unspecified atom stereocenters. The van der Waals surface area contributed by atoms with Crippen molar-refractivity contribution in [2.24, 2.45) is 0 Å². The SMILES string of the molecule is Cc1ccc(S(=O)(=O)N(CC(=O)NCc2ccccc2)Cc2ccccc2F)cc1. The number of amides is 1. The molecular weight excluding hydrogens is 403 g/mol. The Kier molecular flexibility index (Phi) is 6.97. The van der Waals surface area contributed by atoms with Gasteiger partial charge in [-0.15, -0.1) is 0 Å². The van der Waals surface area contributed by atoms with Gasteiger partial charge in [-0.05, 0) is 30.7 Å². The first kappa shape index (κ1) is 21.7. The molecule has 0 fully saturated rings. The summed E-state index contributed by atoms with van der Waals surface area (Å²) in [7, 11) is -4.00. The normalized spacial score (nSPS) is 11.4. The molecule has 0 heterocycles. The fourth-order valence-electron chi connectivity index (χ4n) is 2.91. The monoisotopic (exact) mass is 426 g/mol. The number of aryl methyl sites for hydroxylation is 1. The molecule has 0 aliphatic carbocycles. The third-order valence-corrected chi connectivity index (χ3v) is 6.42. The largest absolute Gasteiger partial charge is 0.351 e. The van der Waals surface area contributed by atoms with Gasteiger partial charge < -0.3 is 5.32 Å². The highest BCUT2D eigenvalue weighted by Gasteiger charge is 2.27. The van der Waals surface area contributed by atoms with Gasteiger partial charge in [-0.3, -0.25) is 4.79 Å². The Morgan fingerprint density at radius 2 is 1.57 bits per heavy atom. The van der Waals surface area contributed by atoms with Gasteiger partial charge in [0, 0.05) is 18.7 Å². The molecule has 1 amide bonds. The van der Waals surface area contributed by atoms with Crippen molar-refractivity contribution >= 4 is 15.9 Å². The molecule has 3 rings (SSSR count). The molecule has 5 nitrogen and oxygen atoms in total. The van der Waals surface area contributed by atoms with Crippen molar-refractivity contribution in [1.82, 2.24) is 9.62 Å². The molecule has 0 spiro atoms. The summed E-state index contributed by atoms with van der Waals surface area (Å²) in [5.41, 5.74) is 2.01. The van der Waals surface area contributed by atoms with Crippen LogP contribution in [-0.2, 0) is 27.9 Å². The lowest BCUT2D eigenvalue weighted by Gasteiger charge is -2.22. The molecule has 30 heavy (non-hydrogen) atoms. The average Bonchev–Trinajstić information content (AvgIpc) is 2.74. The Bertz CT molecular complexity index is 1100. The van der Waals surface area contributed by atoms with E-state index >= 15 is 0 Å². The Labute approximate surface area is 176 Å². The molecule has 156 valence electrons. The van der Waals surface area contributed by atoms with Crippen LogP contribution in [0.15, 0.2) is 83.8 Å². The lowest BCUT2D eigenvalue weighted by Crippen LogP contribution is -2.40. The second-order valence-corrected chi connectivity index (χ2v) is 8.88. The minimum Gasteiger partial charge on any atom is -0.351 e. The zero-order valence-electron chi connectivity index (χ0n) is 16.6. The summed E-state index contributed by atoms with van der Waals surface area (Å²) in [6, 6.07) is 21.6. The van der Waals surface area contributed by atoms with Crippen LogP contribution in [0.25, 0.3) is 0 Å². The first-order valence-electron chi connectivity index (χ1n) is 9.47. The van der Waals surface area contributed by atoms with Gasteiger partial charge in [0.1, 0.15) is 5.82 Å². The minimum atomic E-state index is -4.00. The van der Waals surface area contributed by atoms with Crippen LogP contribution < -0.4 is 5.32 Å². The first-order valence-corrected chi connectivity index (χ1v) is 10.9. The van der Waals surface area contributed by atoms with Gasteiger partial charge in [0.05, 0.1) is 11.4 Å². The summed E-state index contributed by atoms with van der Waals surface area (Å²) in [5, 5.41) is 2.72.